The Morgan fingerprint density at radius 3 is 2.76 bits per heavy atom. The maximum Gasteiger partial charge on any atom is 0.134 e. The number of nitriles is 1. The van der Waals surface area contributed by atoms with Gasteiger partial charge < -0.3 is 9.73 Å². The molecule has 3 aromatic rings. The van der Waals surface area contributed by atoms with Crippen LogP contribution >= 0.6 is 11.6 Å². The van der Waals surface area contributed by atoms with E-state index >= 15 is 0 Å². The first-order valence-corrected chi connectivity index (χ1v) is 7.00. The van der Waals surface area contributed by atoms with E-state index in [1.54, 1.807) is 18.2 Å². The van der Waals surface area contributed by atoms with E-state index in [9.17, 15) is 0 Å². The van der Waals surface area contributed by atoms with Crippen LogP contribution in [0.1, 0.15) is 24.3 Å². The van der Waals surface area contributed by atoms with Crippen LogP contribution in [0.4, 0.5) is 5.69 Å². The molecule has 2 aromatic carbocycles. The predicted molar refractivity (Wildman–Crippen MR) is 84.4 cm³/mol. The molecule has 3 nitrogen and oxygen atoms in total. The average Bonchev–Trinajstić information content (AvgIpc) is 2.93. The summed E-state index contributed by atoms with van der Waals surface area (Å²) in [5.74, 6) is 0.828. The van der Waals surface area contributed by atoms with E-state index in [1.165, 1.54) is 0 Å². The van der Waals surface area contributed by atoms with Gasteiger partial charge in [0.15, 0.2) is 0 Å². The first-order chi connectivity index (χ1) is 10.2. The van der Waals surface area contributed by atoms with Crippen LogP contribution < -0.4 is 5.32 Å². The Bertz CT molecular complexity index is 799. The maximum absolute atomic E-state index is 8.96. The number of anilines is 1. The quantitative estimate of drug-likeness (QED) is 0.729. The largest absolute Gasteiger partial charge is 0.459 e. The molecule has 0 saturated heterocycles. The minimum Gasteiger partial charge on any atom is -0.459 e. The Labute approximate surface area is 127 Å². The molecule has 1 atom stereocenters. The highest BCUT2D eigenvalue weighted by Crippen LogP contribution is 2.29. The van der Waals surface area contributed by atoms with E-state index < -0.39 is 0 Å². The Morgan fingerprint density at radius 2 is 2.00 bits per heavy atom. The number of hydrogen-bond donors (Lipinski definition) is 1. The van der Waals surface area contributed by atoms with Crippen molar-refractivity contribution in [3.63, 3.8) is 0 Å². The molecule has 0 amide bonds. The van der Waals surface area contributed by atoms with Crippen LogP contribution in [0.3, 0.4) is 0 Å². The van der Waals surface area contributed by atoms with Gasteiger partial charge >= 0.3 is 0 Å². The summed E-state index contributed by atoms with van der Waals surface area (Å²) in [5, 5.41) is 13.9. The van der Waals surface area contributed by atoms with E-state index in [0.717, 1.165) is 22.4 Å². The van der Waals surface area contributed by atoms with Crippen molar-refractivity contribution in [2.75, 3.05) is 5.32 Å². The Balaban J connectivity index is 1.89. The molecule has 1 aromatic heterocycles. The highest BCUT2D eigenvalue weighted by Gasteiger charge is 2.13. The molecule has 4 heteroatoms. The third-order valence-electron chi connectivity index (χ3n) is 3.34. The zero-order valence-electron chi connectivity index (χ0n) is 11.4. The highest BCUT2D eigenvalue weighted by molar-refractivity contribution is 6.33. The zero-order chi connectivity index (χ0) is 14.8. The van der Waals surface area contributed by atoms with Crippen molar-refractivity contribution in [2.45, 2.75) is 13.0 Å². The van der Waals surface area contributed by atoms with Crippen molar-refractivity contribution < 1.29 is 4.42 Å². The molecule has 1 N–H and O–H groups in total. The van der Waals surface area contributed by atoms with Crippen molar-refractivity contribution in [3.8, 4) is 6.07 Å². The molecule has 104 valence electrons. The van der Waals surface area contributed by atoms with Gasteiger partial charge in [-0.1, -0.05) is 29.8 Å². The summed E-state index contributed by atoms with van der Waals surface area (Å²) < 4.78 is 5.83. The second kappa shape index (κ2) is 5.51. The summed E-state index contributed by atoms with van der Waals surface area (Å²) in [7, 11) is 0. The first-order valence-electron chi connectivity index (χ1n) is 6.62. The summed E-state index contributed by atoms with van der Waals surface area (Å²) >= 11 is 6.16. The van der Waals surface area contributed by atoms with Gasteiger partial charge in [-0.3, -0.25) is 0 Å². The van der Waals surface area contributed by atoms with Crippen LogP contribution in [0.2, 0.25) is 5.02 Å². The minimum absolute atomic E-state index is 0.0520. The molecule has 0 fully saturated rings. The third-order valence-corrected chi connectivity index (χ3v) is 3.67. The maximum atomic E-state index is 8.96. The van der Waals surface area contributed by atoms with Crippen LogP contribution in [0, 0.1) is 11.3 Å². The minimum atomic E-state index is -0.0520. The fraction of sp³-hybridized carbons (Fsp3) is 0.118. The number of para-hydroxylation sites is 1. The SMILES string of the molecule is CC(Nc1cc(C#N)ccc1Cl)c1cc2ccccc2o1. The van der Waals surface area contributed by atoms with Gasteiger partial charge in [0, 0.05) is 5.39 Å². The number of fused-ring (bicyclic) bond motifs is 1. The monoisotopic (exact) mass is 296 g/mol. The van der Waals surface area contributed by atoms with Crippen molar-refractivity contribution in [3.05, 3.63) is 64.9 Å². The van der Waals surface area contributed by atoms with E-state index in [2.05, 4.69) is 11.4 Å². The molecule has 0 aliphatic carbocycles. The zero-order valence-corrected chi connectivity index (χ0v) is 12.2. The normalized spacial score (nSPS) is 12.0. The van der Waals surface area contributed by atoms with Crippen molar-refractivity contribution >= 4 is 28.3 Å². The Hall–Kier alpha value is -2.44. The summed E-state index contributed by atoms with van der Waals surface area (Å²) in [4.78, 5) is 0. The molecule has 0 spiro atoms. The topological polar surface area (TPSA) is 49.0 Å². The Kier molecular flexibility index (Phi) is 3.55. The molecule has 1 unspecified atom stereocenters. The van der Waals surface area contributed by atoms with Gasteiger partial charge in [-0.2, -0.15) is 5.26 Å². The molecule has 0 radical (unpaired) electrons. The lowest BCUT2D eigenvalue weighted by atomic mass is 10.1. The summed E-state index contributed by atoms with van der Waals surface area (Å²) in [5.41, 5.74) is 2.15. The van der Waals surface area contributed by atoms with Gasteiger partial charge in [-0.25, -0.2) is 0 Å². The molecule has 0 aliphatic heterocycles. The number of nitrogens with zero attached hydrogens (tertiary/aromatic N) is 1. The van der Waals surface area contributed by atoms with Crippen LogP contribution in [-0.2, 0) is 0 Å². The standard InChI is InChI=1S/C17H13ClN2O/c1-11(17-9-13-4-2-3-5-16(13)21-17)20-15-8-12(10-19)6-7-14(15)18/h2-9,11,20H,1H3. The van der Waals surface area contributed by atoms with Gasteiger partial charge in [-0.15, -0.1) is 0 Å². The molecule has 21 heavy (non-hydrogen) atoms. The van der Waals surface area contributed by atoms with Crippen molar-refractivity contribution in [2.24, 2.45) is 0 Å². The fourth-order valence-electron chi connectivity index (χ4n) is 2.23. The lowest BCUT2D eigenvalue weighted by Crippen LogP contribution is -2.06. The van der Waals surface area contributed by atoms with Gasteiger partial charge in [0.25, 0.3) is 0 Å². The van der Waals surface area contributed by atoms with Crippen LogP contribution in [0.5, 0.6) is 0 Å². The number of furan rings is 1. The molecule has 0 saturated carbocycles. The number of nitrogens with one attached hydrogen (secondary N) is 1. The molecular formula is C17H13ClN2O. The lowest BCUT2D eigenvalue weighted by molar-refractivity contribution is 0.526. The van der Waals surface area contributed by atoms with E-state index in [1.807, 2.05) is 37.3 Å². The van der Waals surface area contributed by atoms with Crippen LogP contribution in [-0.4, -0.2) is 0 Å². The van der Waals surface area contributed by atoms with Gasteiger partial charge in [0.2, 0.25) is 0 Å². The summed E-state index contributed by atoms with van der Waals surface area (Å²) in [6.07, 6.45) is 0. The van der Waals surface area contributed by atoms with Crippen LogP contribution in [0.25, 0.3) is 11.0 Å². The number of benzene rings is 2. The number of rotatable bonds is 3. The van der Waals surface area contributed by atoms with E-state index in [0.29, 0.717) is 10.6 Å². The molecule has 0 aliphatic rings. The van der Waals surface area contributed by atoms with Crippen molar-refractivity contribution in [1.82, 2.24) is 0 Å². The second-order valence-corrected chi connectivity index (χ2v) is 5.27. The highest BCUT2D eigenvalue weighted by atomic mass is 35.5. The summed E-state index contributed by atoms with van der Waals surface area (Å²) in [6.45, 7) is 1.99. The molecule has 1 heterocycles. The first kappa shape index (κ1) is 13.5. The molecular weight excluding hydrogens is 284 g/mol. The average molecular weight is 297 g/mol. The lowest BCUT2D eigenvalue weighted by Gasteiger charge is -2.14. The summed E-state index contributed by atoms with van der Waals surface area (Å²) in [6, 6.07) is 17.1. The smallest absolute Gasteiger partial charge is 0.134 e. The number of hydrogen-bond acceptors (Lipinski definition) is 3. The van der Waals surface area contributed by atoms with Crippen LogP contribution in [0.15, 0.2) is 52.9 Å². The third kappa shape index (κ3) is 2.72. The number of halogens is 1. The fourth-order valence-corrected chi connectivity index (χ4v) is 2.40. The van der Waals surface area contributed by atoms with Gasteiger partial charge in [0.05, 0.1) is 28.4 Å². The van der Waals surface area contributed by atoms with E-state index in [4.69, 9.17) is 21.3 Å². The Morgan fingerprint density at radius 1 is 1.19 bits per heavy atom. The van der Waals surface area contributed by atoms with Crippen molar-refractivity contribution in [1.29, 1.82) is 5.26 Å². The predicted octanol–water partition coefficient (Wildman–Crippen LogP) is 5.13. The van der Waals surface area contributed by atoms with Gasteiger partial charge in [0.1, 0.15) is 11.3 Å². The van der Waals surface area contributed by atoms with Gasteiger partial charge in [-0.05, 0) is 37.3 Å². The molecule has 3 rings (SSSR count). The van der Waals surface area contributed by atoms with E-state index in [-0.39, 0.29) is 6.04 Å². The molecule has 0 bridgehead atoms. The second-order valence-electron chi connectivity index (χ2n) is 4.86.